The normalized spacial score (nSPS) is 17.4. The average Bonchev–Trinajstić information content (AvgIpc) is 1.65. The van der Waals surface area contributed by atoms with Gasteiger partial charge in [-0.05, 0) is 19.3 Å². The summed E-state index contributed by atoms with van der Waals surface area (Å²) < 4.78 is 0. The molecule has 54 valence electrons. The lowest BCUT2D eigenvalue weighted by Gasteiger charge is -2.25. The second kappa shape index (κ2) is 3.02. The fourth-order valence-electron chi connectivity index (χ4n) is 0.528. The van der Waals surface area contributed by atoms with E-state index in [-0.39, 0.29) is 0 Å². The largest absolute Gasteiger partial charge is 0.390 e. The minimum Gasteiger partial charge on any atom is -0.390 e. The van der Waals surface area contributed by atoms with E-state index in [9.17, 15) is 5.11 Å². The molecule has 0 aromatic heterocycles. The third-order valence-electron chi connectivity index (χ3n) is 1.80. The van der Waals surface area contributed by atoms with Crippen LogP contribution in [-0.2, 0) is 0 Å². The summed E-state index contributed by atoms with van der Waals surface area (Å²) in [4.78, 5) is 0. The highest BCUT2D eigenvalue weighted by atomic mass is 16.3. The average molecular weight is 128 g/mol. The van der Waals surface area contributed by atoms with Gasteiger partial charge in [-0.25, -0.2) is 0 Å². The topological polar surface area (TPSA) is 20.2 Å². The molecule has 0 unspecified atom stereocenters. The molecular weight excluding hydrogens is 112 g/mol. The molecule has 0 aliphatic carbocycles. The van der Waals surface area contributed by atoms with E-state index in [1.165, 1.54) is 0 Å². The van der Waals surface area contributed by atoms with Gasteiger partial charge in [-0.2, -0.15) is 0 Å². The van der Waals surface area contributed by atoms with E-state index in [0.29, 0.717) is 12.3 Å². The lowest BCUT2D eigenvalue weighted by molar-refractivity contribution is 0.0166. The van der Waals surface area contributed by atoms with Crippen molar-refractivity contribution in [1.29, 1.82) is 0 Å². The van der Waals surface area contributed by atoms with Crippen LogP contribution in [0.15, 0.2) is 12.7 Å². The zero-order valence-electron chi connectivity index (χ0n) is 6.52. The number of aliphatic hydroxyl groups is 1. The molecule has 0 saturated heterocycles. The number of hydrogen-bond donors (Lipinski definition) is 1. The molecule has 0 spiro atoms. The van der Waals surface area contributed by atoms with Crippen molar-refractivity contribution in [1.82, 2.24) is 0 Å². The van der Waals surface area contributed by atoms with Gasteiger partial charge in [-0.1, -0.05) is 19.9 Å². The second-order valence-corrected chi connectivity index (χ2v) is 3.00. The first-order valence-corrected chi connectivity index (χ1v) is 3.34. The van der Waals surface area contributed by atoms with Gasteiger partial charge in [0, 0.05) is 0 Å². The lowest BCUT2D eigenvalue weighted by atomic mass is 9.89. The van der Waals surface area contributed by atoms with Gasteiger partial charge in [0.1, 0.15) is 0 Å². The molecular formula is C8H16O. The molecule has 9 heavy (non-hydrogen) atoms. The Hall–Kier alpha value is -0.300. The first kappa shape index (κ1) is 8.70. The van der Waals surface area contributed by atoms with Crippen LogP contribution in [-0.4, -0.2) is 10.7 Å². The maximum atomic E-state index is 9.52. The van der Waals surface area contributed by atoms with Crippen molar-refractivity contribution in [2.75, 3.05) is 0 Å². The van der Waals surface area contributed by atoms with Gasteiger partial charge in [0.25, 0.3) is 0 Å². The van der Waals surface area contributed by atoms with Crippen LogP contribution in [0.25, 0.3) is 0 Å². The Morgan fingerprint density at radius 3 is 2.22 bits per heavy atom. The summed E-state index contributed by atoms with van der Waals surface area (Å²) in [5.74, 6) is 0.301. The third-order valence-corrected chi connectivity index (χ3v) is 1.80. The smallest absolute Gasteiger partial charge is 0.0676 e. The summed E-state index contributed by atoms with van der Waals surface area (Å²) in [5.41, 5.74) is -0.568. The van der Waals surface area contributed by atoms with Gasteiger partial charge in [0.05, 0.1) is 5.60 Å². The summed E-state index contributed by atoms with van der Waals surface area (Å²) in [6, 6.07) is 0. The minimum atomic E-state index is -0.568. The molecule has 1 nitrogen and oxygen atoms in total. The summed E-state index contributed by atoms with van der Waals surface area (Å²) in [6.45, 7) is 9.41. The van der Waals surface area contributed by atoms with Crippen molar-refractivity contribution >= 4 is 0 Å². The van der Waals surface area contributed by atoms with E-state index in [4.69, 9.17) is 0 Å². The Kier molecular flexibility index (Phi) is 2.92. The number of rotatable bonds is 3. The summed E-state index contributed by atoms with van der Waals surface area (Å²) in [6.07, 6.45) is 2.42. The summed E-state index contributed by atoms with van der Waals surface area (Å²) >= 11 is 0. The van der Waals surface area contributed by atoms with Crippen LogP contribution < -0.4 is 0 Å². The monoisotopic (exact) mass is 128 g/mol. The van der Waals surface area contributed by atoms with Crippen LogP contribution >= 0.6 is 0 Å². The Labute approximate surface area is 57.4 Å². The van der Waals surface area contributed by atoms with Crippen LogP contribution in [0, 0.1) is 5.92 Å². The maximum Gasteiger partial charge on any atom is 0.0676 e. The molecule has 0 saturated carbocycles. The highest BCUT2D eigenvalue weighted by Gasteiger charge is 2.22. The van der Waals surface area contributed by atoms with E-state index in [0.717, 1.165) is 0 Å². The molecule has 0 heterocycles. The van der Waals surface area contributed by atoms with Gasteiger partial charge in [0.15, 0.2) is 0 Å². The predicted octanol–water partition coefficient (Wildman–Crippen LogP) is 1.97. The van der Waals surface area contributed by atoms with Crippen LogP contribution in [0.1, 0.15) is 27.2 Å². The molecule has 1 atom stereocenters. The Bertz CT molecular complexity index is 92.7. The van der Waals surface area contributed by atoms with Gasteiger partial charge in [0.2, 0.25) is 0 Å². The van der Waals surface area contributed by atoms with E-state index < -0.39 is 5.60 Å². The van der Waals surface area contributed by atoms with Crippen LogP contribution in [0.5, 0.6) is 0 Å². The Morgan fingerprint density at radius 1 is 1.67 bits per heavy atom. The zero-order valence-corrected chi connectivity index (χ0v) is 6.52. The van der Waals surface area contributed by atoms with Crippen LogP contribution in [0.4, 0.5) is 0 Å². The fraction of sp³-hybridized carbons (Fsp3) is 0.750. The van der Waals surface area contributed by atoms with Crippen molar-refractivity contribution in [2.45, 2.75) is 32.8 Å². The fourth-order valence-corrected chi connectivity index (χ4v) is 0.528. The van der Waals surface area contributed by atoms with Gasteiger partial charge in [-0.15, -0.1) is 6.58 Å². The molecule has 0 aromatic rings. The SMILES string of the molecule is C=CC[C@@](C)(O)C(C)C. The van der Waals surface area contributed by atoms with Crippen molar-refractivity contribution in [3.8, 4) is 0 Å². The molecule has 1 N–H and O–H groups in total. The summed E-state index contributed by atoms with van der Waals surface area (Å²) in [5, 5.41) is 9.52. The summed E-state index contributed by atoms with van der Waals surface area (Å²) in [7, 11) is 0. The van der Waals surface area contributed by atoms with Crippen molar-refractivity contribution < 1.29 is 5.11 Å². The van der Waals surface area contributed by atoms with Gasteiger partial charge >= 0.3 is 0 Å². The zero-order chi connectivity index (χ0) is 7.49. The number of hydrogen-bond acceptors (Lipinski definition) is 1. The molecule has 0 bridgehead atoms. The quantitative estimate of drug-likeness (QED) is 0.576. The first-order chi connectivity index (χ1) is 4.00. The third kappa shape index (κ3) is 2.66. The Morgan fingerprint density at radius 2 is 2.11 bits per heavy atom. The molecule has 0 aromatic carbocycles. The second-order valence-electron chi connectivity index (χ2n) is 3.00. The highest BCUT2D eigenvalue weighted by molar-refractivity contribution is 4.84. The lowest BCUT2D eigenvalue weighted by Crippen LogP contribution is -2.29. The molecule has 0 rings (SSSR count). The van der Waals surface area contributed by atoms with Gasteiger partial charge < -0.3 is 5.11 Å². The highest BCUT2D eigenvalue weighted by Crippen LogP contribution is 2.19. The van der Waals surface area contributed by atoms with E-state index >= 15 is 0 Å². The molecule has 0 aliphatic rings. The molecule has 0 fully saturated rings. The minimum absolute atomic E-state index is 0.301. The van der Waals surface area contributed by atoms with Gasteiger partial charge in [-0.3, -0.25) is 0 Å². The van der Waals surface area contributed by atoms with E-state index in [1.54, 1.807) is 6.08 Å². The van der Waals surface area contributed by atoms with Crippen LogP contribution in [0.3, 0.4) is 0 Å². The van der Waals surface area contributed by atoms with Crippen molar-refractivity contribution in [3.63, 3.8) is 0 Å². The van der Waals surface area contributed by atoms with E-state index in [1.807, 2.05) is 20.8 Å². The Balaban J connectivity index is 3.84. The molecule has 0 radical (unpaired) electrons. The van der Waals surface area contributed by atoms with Crippen molar-refractivity contribution in [3.05, 3.63) is 12.7 Å². The first-order valence-electron chi connectivity index (χ1n) is 3.34. The molecule has 0 amide bonds. The molecule has 1 heteroatoms. The maximum absolute atomic E-state index is 9.52. The van der Waals surface area contributed by atoms with Crippen LogP contribution in [0.2, 0.25) is 0 Å². The molecule has 0 aliphatic heterocycles. The van der Waals surface area contributed by atoms with Crippen molar-refractivity contribution in [2.24, 2.45) is 5.92 Å². The van der Waals surface area contributed by atoms with E-state index in [2.05, 4.69) is 6.58 Å². The predicted molar refractivity (Wildman–Crippen MR) is 40.3 cm³/mol. The standard InChI is InChI=1S/C8H16O/c1-5-6-8(4,9)7(2)3/h5,7,9H,1,6H2,2-4H3/t8-/m1/s1.